The fourth-order valence-electron chi connectivity index (χ4n) is 1.74. The summed E-state index contributed by atoms with van der Waals surface area (Å²) in [6.45, 7) is 0. The normalized spacial score (nSPS) is 10.1. The fraction of sp³-hybridized carbons (Fsp3) is 0. The minimum Gasteiger partial charge on any atom is -0.316 e. The Bertz CT molecular complexity index is 820. The number of imide groups is 1. The molecule has 2 N–H and O–H groups in total. The molecule has 2 aromatic heterocycles. The lowest BCUT2D eigenvalue weighted by atomic mass is 10.2. The number of nitrogens with one attached hydrogen (secondary N) is 2. The van der Waals surface area contributed by atoms with Gasteiger partial charge in [-0.1, -0.05) is 18.2 Å². The molecular formula is C15H11N5O2S. The number of thiazole rings is 1. The topological polar surface area (TPSA) is 96.9 Å². The van der Waals surface area contributed by atoms with Crippen molar-refractivity contribution in [2.24, 2.45) is 0 Å². The average molecular weight is 325 g/mol. The second kappa shape index (κ2) is 6.75. The molecule has 0 aliphatic carbocycles. The van der Waals surface area contributed by atoms with E-state index in [1.54, 1.807) is 48.0 Å². The Kier molecular flexibility index (Phi) is 4.34. The largest absolute Gasteiger partial charge is 0.316 e. The number of carbonyl (C=O) groups excluding carboxylic acids is 2. The van der Waals surface area contributed by atoms with E-state index in [0.29, 0.717) is 16.5 Å². The van der Waals surface area contributed by atoms with Crippen LogP contribution >= 0.6 is 11.3 Å². The quantitative estimate of drug-likeness (QED) is 0.714. The molecule has 2 heterocycles. The third-order valence-electron chi connectivity index (χ3n) is 2.82. The molecule has 0 bridgehead atoms. The Balaban J connectivity index is 1.66. The van der Waals surface area contributed by atoms with Crippen molar-refractivity contribution < 1.29 is 9.59 Å². The highest BCUT2D eigenvalue weighted by molar-refractivity contribution is 7.14. The predicted octanol–water partition coefficient (Wildman–Crippen LogP) is 2.25. The molecule has 0 fully saturated rings. The number of benzene rings is 1. The minimum atomic E-state index is -0.550. The average Bonchev–Trinajstić information content (AvgIpc) is 3.05. The molecule has 0 saturated heterocycles. The van der Waals surface area contributed by atoms with Crippen LogP contribution in [-0.2, 0) is 0 Å². The molecule has 3 rings (SSSR count). The lowest BCUT2D eigenvalue weighted by Gasteiger charge is -2.02. The summed E-state index contributed by atoms with van der Waals surface area (Å²) < 4.78 is 0. The molecule has 7 nitrogen and oxygen atoms in total. The van der Waals surface area contributed by atoms with Crippen molar-refractivity contribution in [1.82, 2.24) is 20.3 Å². The van der Waals surface area contributed by atoms with Gasteiger partial charge in [0.05, 0.1) is 0 Å². The first-order chi connectivity index (χ1) is 11.2. The predicted molar refractivity (Wildman–Crippen MR) is 85.7 cm³/mol. The van der Waals surface area contributed by atoms with Crippen LogP contribution in [-0.4, -0.2) is 26.8 Å². The standard InChI is InChI=1S/C15H11N5O2S/c21-13(10-4-2-1-3-5-10)20-14(22)11-8-23-15(18-11)19-12-6-7-16-9-17-12/h1-9H,(H,20,21,22)(H,16,17,18,19). The van der Waals surface area contributed by atoms with E-state index < -0.39 is 11.8 Å². The zero-order chi connectivity index (χ0) is 16.1. The molecule has 0 aliphatic rings. The van der Waals surface area contributed by atoms with Crippen LogP contribution in [0.15, 0.2) is 54.3 Å². The Morgan fingerprint density at radius 3 is 2.61 bits per heavy atom. The van der Waals surface area contributed by atoms with Crippen molar-refractivity contribution in [3.8, 4) is 0 Å². The van der Waals surface area contributed by atoms with Gasteiger partial charge in [0.1, 0.15) is 17.8 Å². The number of rotatable bonds is 4. The summed E-state index contributed by atoms with van der Waals surface area (Å²) in [5.41, 5.74) is 0.575. The molecule has 114 valence electrons. The van der Waals surface area contributed by atoms with Crippen LogP contribution in [0.1, 0.15) is 20.8 Å². The van der Waals surface area contributed by atoms with Gasteiger partial charge in [-0.25, -0.2) is 15.0 Å². The van der Waals surface area contributed by atoms with E-state index in [-0.39, 0.29) is 5.69 Å². The first-order valence-corrected chi connectivity index (χ1v) is 7.49. The van der Waals surface area contributed by atoms with Crippen molar-refractivity contribution in [1.29, 1.82) is 0 Å². The molecule has 0 spiro atoms. The van der Waals surface area contributed by atoms with E-state index in [1.807, 2.05) is 0 Å². The Labute approximate surface area is 135 Å². The molecular weight excluding hydrogens is 314 g/mol. The number of hydrogen-bond donors (Lipinski definition) is 2. The van der Waals surface area contributed by atoms with Gasteiger partial charge in [-0.15, -0.1) is 11.3 Å². The van der Waals surface area contributed by atoms with Gasteiger partial charge in [0.15, 0.2) is 5.13 Å². The third-order valence-corrected chi connectivity index (χ3v) is 3.57. The summed E-state index contributed by atoms with van der Waals surface area (Å²) in [4.78, 5) is 35.9. The van der Waals surface area contributed by atoms with E-state index in [0.717, 1.165) is 0 Å². The Morgan fingerprint density at radius 2 is 1.87 bits per heavy atom. The SMILES string of the molecule is O=C(NC(=O)c1csc(Nc2ccncn2)n1)c1ccccc1. The van der Waals surface area contributed by atoms with Crippen molar-refractivity contribution in [2.45, 2.75) is 0 Å². The number of anilines is 2. The molecule has 0 atom stereocenters. The van der Waals surface area contributed by atoms with Gasteiger partial charge in [0.25, 0.3) is 11.8 Å². The molecule has 0 aliphatic heterocycles. The van der Waals surface area contributed by atoms with E-state index in [9.17, 15) is 9.59 Å². The first kappa shape index (κ1) is 14.8. The number of hydrogen-bond acceptors (Lipinski definition) is 7. The van der Waals surface area contributed by atoms with Gasteiger partial charge < -0.3 is 5.32 Å². The second-order valence-corrected chi connectivity index (χ2v) is 5.26. The van der Waals surface area contributed by atoms with Gasteiger partial charge in [0.2, 0.25) is 0 Å². The zero-order valence-corrected chi connectivity index (χ0v) is 12.6. The summed E-state index contributed by atoms with van der Waals surface area (Å²) in [7, 11) is 0. The molecule has 1 aromatic carbocycles. The first-order valence-electron chi connectivity index (χ1n) is 6.61. The van der Waals surface area contributed by atoms with Gasteiger partial charge in [-0.3, -0.25) is 14.9 Å². The smallest absolute Gasteiger partial charge is 0.277 e. The molecule has 0 unspecified atom stereocenters. The third kappa shape index (κ3) is 3.74. The van der Waals surface area contributed by atoms with Gasteiger partial charge in [0, 0.05) is 17.1 Å². The Morgan fingerprint density at radius 1 is 1.04 bits per heavy atom. The number of nitrogens with zero attached hydrogens (tertiary/aromatic N) is 3. The molecule has 0 radical (unpaired) electrons. The highest BCUT2D eigenvalue weighted by atomic mass is 32.1. The van der Waals surface area contributed by atoms with Crippen LogP contribution in [0.25, 0.3) is 0 Å². The van der Waals surface area contributed by atoms with Crippen molar-refractivity contribution in [2.75, 3.05) is 5.32 Å². The molecule has 3 aromatic rings. The fourth-order valence-corrected chi connectivity index (χ4v) is 2.44. The summed E-state index contributed by atoms with van der Waals surface area (Å²) >= 11 is 1.24. The molecule has 0 saturated carbocycles. The van der Waals surface area contributed by atoms with Gasteiger partial charge in [-0.05, 0) is 18.2 Å². The maximum Gasteiger partial charge on any atom is 0.277 e. The van der Waals surface area contributed by atoms with Crippen molar-refractivity contribution >= 4 is 34.1 Å². The monoisotopic (exact) mass is 325 g/mol. The van der Waals surface area contributed by atoms with Gasteiger partial charge in [-0.2, -0.15) is 0 Å². The molecule has 2 amide bonds. The molecule has 23 heavy (non-hydrogen) atoms. The van der Waals surface area contributed by atoms with E-state index in [2.05, 4.69) is 25.6 Å². The number of amides is 2. The lowest BCUT2D eigenvalue weighted by Crippen LogP contribution is -2.30. The van der Waals surface area contributed by atoms with E-state index >= 15 is 0 Å². The number of aromatic nitrogens is 3. The second-order valence-electron chi connectivity index (χ2n) is 4.41. The van der Waals surface area contributed by atoms with Crippen LogP contribution in [0.4, 0.5) is 10.9 Å². The summed E-state index contributed by atoms with van der Waals surface area (Å²) in [5.74, 6) is -0.443. The maximum atomic E-state index is 12.1. The van der Waals surface area contributed by atoms with Crippen molar-refractivity contribution in [3.05, 3.63) is 65.6 Å². The van der Waals surface area contributed by atoms with Crippen molar-refractivity contribution in [3.63, 3.8) is 0 Å². The van der Waals surface area contributed by atoms with E-state index in [1.165, 1.54) is 17.7 Å². The van der Waals surface area contributed by atoms with E-state index in [4.69, 9.17) is 0 Å². The summed E-state index contributed by atoms with van der Waals surface area (Å²) in [6.07, 6.45) is 3.00. The zero-order valence-electron chi connectivity index (χ0n) is 11.8. The maximum absolute atomic E-state index is 12.1. The van der Waals surface area contributed by atoms with Crippen LogP contribution < -0.4 is 10.6 Å². The highest BCUT2D eigenvalue weighted by Crippen LogP contribution is 2.19. The minimum absolute atomic E-state index is 0.163. The highest BCUT2D eigenvalue weighted by Gasteiger charge is 2.15. The van der Waals surface area contributed by atoms with Crippen LogP contribution in [0.5, 0.6) is 0 Å². The van der Waals surface area contributed by atoms with Crippen LogP contribution in [0.2, 0.25) is 0 Å². The Hall–Kier alpha value is -3.13. The molecule has 8 heteroatoms. The van der Waals surface area contributed by atoms with Crippen LogP contribution in [0, 0.1) is 0 Å². The lowest BCUT2D eigenvalue weighted by molar-refractivity contribution is 0.0847. The number of carbonyl (C=O) groups is 2. The van der Waals surface area contributed by atoms with Gasteiger partial charge >= 0.3 is 0 Å². The van der Waals surface area contributed by atoms with Crippen LogP contribution in [0.3, 0.4) is 0 Å². The summed E-state index contributed by atoms with van der Waals surface area (Å²) in [6, 6.07) is 10.2. The summed E-state index contributed by atoms with van der Waals surface area (Å²) in [5, 5.41) is 7.33.